The highest BCUT2D eigenvalue weighted by Gasteiger charge is 2.12. The number of esters is 1. The summed E-state index contributed by atoms with van der Waals surface area (Å²) in [5.74, 6) is -0.676. The lowest BCUT2D eigenvalue weighted by molar-refractivity contribution is 0.0734. The second-order valence-electron chi connectivity index (χ2n) is 6.74. The summed E-state index contributed by atoms with van der Waals surface area (Å²) in [6.07, 6.45) is 1.46. The Morgan fingerprint density at radius 3 is 2.19 bits per heavy atom. The molecule has 0 radical (unpaired) electrons. The highest BCUT2D eigenvalue weighted by molar-refractivity contribution is 6.01. The van der Waals surface area contributed by atoms with Crippen LogP contribution in [0.5, 0.6) is 11.5 Å². The van der Waals surface area contributed by atoms with Crippen LogP contribution < -0.4 is 10.2 Å². The molecule has 152 valence electrons. The lowest BCUT2D eigenvalue weighted by atomic mass is 10.1. The molecule has 6 nitrogen and oxygen atoms in total. The van der Waals surface area contributed by atoms with Crippen LogP contribution in [0.15, 0.2) is 96.1 Å². The van der Waals surface area contributed by atoms with Crippen LogP contribution in [0, 0.1) is 0 Å². The van der Waals surface area contributed by atoms with Crippen LogP contribution in [0.1, 0.15) is 26.3 Å². The number of nitrogens with zero attached hydrogens (tertiary/aromatic N) is 1. The van der Waals surface area contributed by atoms with E-state index in [1.807, 2.05) is 30.3 Å². The molecule has 0 bridgehead atoms. The molecule has 6 heteroatoms. The number of phenolic OH excluding ortho intramolecular Hbond substituents is 1. The summed E-state index contributed by atoms with van der Waals surface area (Å²) in [5, 5.41) is 15.7. The van der Waals surface area contributed by atoms with Crippen molar-refractivity contribution in [3.63, 3.8) is 0 Å². The van der Waals surface area contributed by atoms with Gasteiger partial charge in [0.15, 0.2) is 0 Å². The molecule has 4 aromatic carbocycles. The molecule has 31 heavy (non-hydrogen) atoms. The molecule has 0 spiro atoms. The second kappa shape index (κ2) is 8.92. The number of benzene rings is 4. The van der Waals surface area contributed by atoms with Crippen molar-refractivity contribution in [1.29, 1.82) is 0 Å². The molecule has 4 aromatic rings. The van der Waals surface area contributed by atoms with Gasteiger partial charge in [0, 0.05) is 0 Å². The van der Waals surface area contributed by atoms with Gasteiger partial charge in [-0.15, -0.1) is 0 Å². The Hall–Kier alpha value is -4.45. The van der Waals surface area contributed by atoms with Gasteiger partial charge in [0.1, 0.15) is 11.5 Å². The highest BCUT2D eigenvalue weighted by atomic mass is 16.5. The zero-order chi connectivity index (χ0) is 21.6. The summed E-state index contributed by atoms with van der Waals surface area (Å²) in [6, 6.07) is 26.0. The molecule has 0 fully saturated rings. The third-order valence-corrected chi connectivity index (χ3v) is 4.59. The van der Waals surface area contributed by atoms with Gasteiger partial charge in [0.25, 0.3) is 5.91 Å². The van der Waals surface area contributed by atoms with Crippen molar-refractivity contribution in [3.8, 4) is 11.5 Å². The summed E-state index contributed by atoms with van der Waals surface area (Å²) >= 11 is 0. The Labute approximate surface area is 178 Å². The number of hydrazone groups is 1. The number of amides is 1. The maximum atomic E-state index is 12.4. The standard InChI is InChI=1S/C25H18N2O4/c28-23-15-20-9-5-4-8-19(20)14-22(23)24(29)27-26-16-17-10-12-21(13-11-17)31-25(30)18-6-2-1-3-7-18/h1-16,28H,(H,27,29). The minimum Gasteiger partial charge on any atom is -0.507 e. The molecule has 0 atom stereocenters. The molecule has 0 aromatic heterocycles. The zero-order valence-corrected chi connectivity index (χ0v) is 16.4. The van der Waals surface area contributed by atoms with E-state index in [0.717, 1.165) is 10.8 Å². The van der Waals surface area contributed by atoms with Crippen LogP contribution in [0.3, 0.4) is 0 Å². The molecule has 0 saturated heterocycles. The molecule has 0 aliphatic rings. The SMILES string of the molecule is O=C(Oc1ccc(C=NNC(=O)c2cc3ccccc3cc2O)cc1)c1ccccc1. The maximum Gasteiger partial charge on any atom is 0.343 e. The fraction of sp³-hybridized carbons (Fsp3) is 0. The fourth-order valence-electron chi connectivity index (χ4n) is 3.00. The number of carbonyl (C=O) groups excluding carboxylic acids is 2. The zero-order valence-electron chi connectivity index (χ0n) is 16.4. The van der Waals surface area contributed by atoms with Crippen molar-refractivity contribution in [1.82, 2.24) is 5.43 Å². The average Bonchev–Trinajstić information content (AvgIpc) is 2.80. The first-order valence-corrected chi connectivity index (χ1v) is 9.52. The normalized spacial score (nSPS) is 10.8. The number of hydrogen-bond donors (Lipinski definition) is 2. The maximum absolute atomic E-state index is 12.4. The van der Waals surface area contributed by atoms with Crippen LogP contribution >= 0.6 is 0 Å². The topological polar surface area (TPSA) is 88.0 Å². The highest BCUT2D eigenvalue weighted by Crippen LogP contribution is 2.24. The summed E-state index contributed by atoms with van der Waals surface area (Å²) in [6.45, 7) is 0. The third kappa shape index (κ3) is 4.76. The van der Waals surface area contributed by atoms with Gasteiger partial charge in [0.2, 0.25) is 0 Å². The van der Waals surface area contributed by atoms with E-state index in [1.54, 1.807) is 60.7 Å². The van der Waals surface area contributed by atoms with Crippen molar-refractivity contribution < 1.29 is 19.4 Å². The Kier molecular flexibility index (Phi) is 5.71. The first-order chi connectivity index (χ1) is 15.1. The number of fused-ring (bicyclic) bond motifs is 1. The van der Waals surface area contributed by atoms with Gasteiger partial charge < -0.3 is 9.84 Å². The Balaban J connectivity index is 1.38. The predicted molar refractivity (Wildman–Crippen MR) is 119 cm³/mol. The van der Waals surface area contributed by atoms with Crippen molar-refractivity contribution in [2.75, 3.05) is 0 Å². The van der Waals surface area contributed by atoms with Crippen LogP contribution in [-0.2, 0) is 0 Å². The first-order valence-electron chi connectivity index (χ1n) is 9.52. The Bertz CT molecular complexity index is 1270. The van der Waals surface area contributed by atoms with E-state index in [4.69, 9.17) is 4.74 Å². The molecular formula is C25H18N2O4. The lowest BCUT2D eigenvalue weighted by Gasteiger charge is -2.06. The second-order valence-corrected chi connectivity index (χ2v) is 6.74. The molecule has 4 rings (SSSR count). The van der Waals surface area contributed by atoms with Gasteiger partial charge >= 0.3 is 5.97 Å². The number of rotatable bonds is 5. The van der Waals surface area contributed by atoms with Gasteiger partial charge in [-0.2, -0.15) is 5.10 Å². The largest absolute Gasteiger partial charge is 0.507 e. The number of nitrogens with one attached hydrogen (secondary N) is 1. The molecule has 0 unspecified atom stereocenters. The van der Waals surface area contributed by atoms with Crippen LogP contribution in [0.2, 0.25) is 0 Å². The van der Waals surface area contributed by atoms with Crippen molar-refractivity contribution >= 4 is 28.9 Å². The fourth-order valence-corrected chi connectivity index (χ4v) is 3.00. The smallest absolute Gasteiger partial charge is 0.343 e. The first kappa shape index (κ1) is 19.8. The van der Waals surface area contributed by atoms with Gasteiger partial charge in [-0.3, -0.25) is 4.79 Å². The van der Waals surface area contributed by atoms with E-state index in [0.29, 0.717) is 16.9 Å². The van der Waals surface area contributed by atoms with Gasteiger partial charge in [-0.05, 0) is 64.9 Å². The third-order valence-electron chi connectivity index (χ3n) is 4.59. The Morgan fingerprint density at radius 1 is 0.839 bits per heavy atom. The summed E-state index contributed by atoms with van der Waals surface area (Å²) in [7, 11) is 0. The number of ether oxygens (including phenoxy) is 1. The van der Waals surface area contributed by atoms with E-state index in [2.05, 4.69) is 10.5 Å². The van der Waals surface area contributed by atoms with Crippen LogP contribution in [0.4, 0.5) is 0 Å². The quantitative estimate of drug-likeness (QED) is 0.219. The average molecular weight is 410 g/mol. The van der Waals surface area contributed by atoms with Crippen LogP contribution in [0.25, 0.3) is 10.8 Å². The summed E-state index contributed by atoms with van der Waals surface area (Å²) in [4.78, 5) is 24.4. The molecule has 1 amide bonds. The van der Waals surface area contributed by atoms with Crippen molar-refractivity contribution in [2.24, 2.45) is 5.10 Å². The van der Waals surface area contributed by atoms with E-state index in [-0.39, 0.29) is 11.3 Å². The predicted octanol–water partition coefficient (Wildman–Crippen LogP) is 4.53. The summed E-state index contributed by atoms with van der Waals surface area (Å²) in [5.41, 5.74) is 3.71. The van der Waals surface area contributed by atoms with Crippen molar-refractivity contribution in [3.05, 3.63) is 108 Å². The van der Waals surface area contributed by atoms with E-state index < -0.39 is 11.9 Å². The minimum absolute atomic E-state index is 0.115. The molecule has 2 N–H and O–H groups in total. The number of hydrogen-bond acceptors (Lipinski definition) is 5. The van der Waals surface area contributed by atoms with Gasteiger partial charge in [0.05, 0.1) is 17.3 Å². The molecule has 0 aliphatic heterocycles. The minimum atomic E-state index is -0.520. The monoisotopic (exact) mass is 410 g/mol. The van der Waals surface area contributed by atoms with Crippen molar-refractivity contribution in [2.45, 2.75) is 0 Å². The molecule has 0 heterocycles. The van der Waals surface area contributed by atoms with Gasteiger partial charge in [-0.1, -0.05) is 42.5 Å². The summed E-state index contributed by atoms with van der Waals surface area (Å²) < 4.78 is 5.32. The van der Waals surface area contributed by atoms with Crippen LogP contribution in [-0.4, -0.2) is 23.2 Å². The Morgan fingerprint density at radius 2 is 1.48 bits per heavy atom. The number of aromatic hydroxyl groups is 1. The lowest BCUT2D eigenvalue weighted by Crippen LogP contribution is -2.17. The van der Waals surface area contributed by atoms with E-state index >= 15 is 0 Å². The van der Waals surface area contributed by atoms with E-state index in [9.17, 15) is 14.7 Å². The number of phenols is 1. The number of carbonyl (C=O) groups is 2. The van der Waals surface area contributed by atoms with Gasteiger partial charge in [-0.25, -0.2) is 10.2 Å². The molecule has 0 aliphatic carbocycles. The van der Waals surface area contributed by atoms with E-state index in [1.165, 1.54) is 6.21 Å². The molecule has 0 saturated carbocycles. The molecular weight excluding hydrogens is 392 g/mol.